The molecule has 1 aliphatic heterocycles. The lowest BCUT2D eigenvalue weighted by atomic mass is 9.91. The first kappa shape index (κ1) is 19.6. The molecule has 3 N–H and O–H groups in total. The monoisotopic (exact) mass is 395 g/mol. The molecule has 1 aliphatic rings. The second kappa shape index (κ2) is 8.73. The minimum Gasteiger partial charge on any atom is -0.462 e. The molecule has 3 aromatic heterocycles. The molecule has 4 heterocycles. The van der Waals surface area contributed by atoms with Crippen molar-refractivity contribution in [3.8, 4) is 6.01 Å². The zero-order valence-corrected chi connectivity index (χ0v) is 17.2. The normalized spacial score (nSPS) is 15.1. The summed E-state index contributed by atoms with van der Waals surface area (Å²) in [6.07, 6.45) is 8.75. The van der Waals surface area contributed by atoms with Crippen LogP contribution in [0.25, 0.3) is 5.65 Å². The minimum atomic E-state index is 0.290. The van der Waals surface area contributed by atoms with Crippen LogP contribution in [0, 0.1) is 6.92 Å². The molecule has 8 heteroatoms. The number of nitrogens with zero attached hydrogens (tertiary/aromatic N) is 5. The van der Waals surface area contributed by atoms with Crippen molar-refractivity contribution >= 4 is 11.5 Å². The Morgan fingerprint density at radius 2 is 2.07 bits per heavy atom. The van der Waals surface area contributed by atoms with E-state index in [1.165, 1.54) is 11.3 Å². The summed E-state index contributed by atoms with van der Waals surface area (Å²) in [5, 5.41) is 7.91. The van der Waals surface area contributed by atoms with Crippen LogP contribution in [-0.2, 0) is 6.42 Å². The molecular weight excluding hydrogens is 366 g/mol. The van der Waals surface area contributed by atoms with Gasteiger partial charge in [0.2, 0.25) is 0 Å². The van der Waals surface area contributed by atoms with Gasteiger partial charge in [-0.2, -0.15) is 4.98 Å². The van der Waals surface area contributed by atoms with Crippen LogP contribution in [0.2, 0.25) is 0 Å². The highest BCUT2D eigenvalue weighted by molar-refractivity contribution is 5.59. The van der Waals surface area contributed by atoms with Gasteiger partial charge in [-0.1, -0.05) is 19.4 Å². The average Bonchev–Trinajstić information content (AvgIpc) is 3.12. The predicted octanol–water partition coefficient (Wildman–Crippen LogP) is 2.65. The maximum absolute atomic E-state index is 6.06. The van der Waals surface area contributed by atoms with E-state index >= 15 is 0 Å². The van der Waals surface area contributed by atoms with Gasteiger partial charge in [0, 0.05) is 24.2 Å². The molecule has 4 rings (SSSR count). The molecule has 1 saturated heterocycles. The molecule has 0 saturated carbocycles. The van der Waals surface area contributed by atoms with Crippen LogP contribution < -0.4 is 15.8 Å². The molecule has 0 radical (unpaired) electrons. The number of hydrogen-bond donors (Lipinski definition) is 2. The van der Waals surface area contributed by atoms with Crippen LogP contribution in [0.3, 0.4) is 0 Å². The van der Waals surface area contributed by atoms with Gasteiger partial charge >= 0.3 is 6.01 Å². The molecule has 3 aromatic rings. The average molecular weight is 396 g/mol. The molecule has 0 aliphatic carbocycles. The number of anilines is 1. The molecule has 0 amide bonds. The second-order valence-corrected chi connectivity index (χ2v) is 7.71. The summed E-state index contributed by atoms with van der Waals surface area (Å²) < 4.78 is 7.38. The Bertz CT molecular complexity index is 979. The number of nitrogens with one attached hydrogen (secondary N) is 1. The zero-order valence-electron chi connectivity index (χ0n) is 17.2. The Hall–Kier alpha value is -2.74. The summed E-state index contributed by atoms with van der Waals surface area (Å²) in [6.45, 7) is 6.98. The lowest BCUT2D eigenvalue weighted by molar-refractivity contribution is 0.280. The maximum Gasteiger partial charge on any atom is 0.336 e. The minimum absolute atomic E-state index is 0.290. The van der Waals surface area contributed by atoms with Crippen molar-refractivity contribution < 1.29 is 4.74 Å². The number of piperidine rings is 1. The van der Waals surface area contributed by atoms with Gasteiger partial charge in [0.1, 0.15) is 0 Å². The van der Waals surface area contributed by atoms with Crippen molar-refractivity contribution in [2.75, 3.05) is 25.4 Å². The number of fused-ring (bicyclic) bond motifs is 1. The quantitative estimate of drug-likeness (QED) is 0.593. The van der Waals surface area contributed by atoms with Gasteiger partial charge in [-0.3, -0.25) is 4.98 Å². The third-order valence-electron chi connectivity index (χ3n) is 5.45. The zero-order chi connectivity index (χ0) is 20.2. The topological polar surface area (TPSA) is 103 Å². The van der Waals surface area contributed by atoms with Gasteiger partial charge in [-0.25, -0.2) is 9.50 Å². The van der Waals surface area contributed by atoms with Gasteiger partial charge < -0.3 is 15.8 Å². The highest BCUT2D eigenvalue weighted by Crippen LogP contribution is 2.27. The number of nitrogens with two attached hydrogens (primary N) is 1. The van der Waals surface area contributed by atoms with Crippen LogP contribution in [-0.4, -0.2) is 44.3 Å². The molecule has 0 atom stereocenters. The fourth-order valence-corrected chi connectivity index (χ4v) is 3.89. The Morgan fingerprint density at radius 1 is 1.24 bits per heavy atom. The van der Waals surface area contributed by atoms with Crippen LogP contribution in [0.5, 0.6) is 6.01 Å². The number of ether oxygens (including phenoxy) is 1. The van der Waals surface area contributed by atoms with E-state index in [9.17, 15) is 0 Å². The van der Waals surface area contributed by atoms with Crippen molar-refractivity contribution in [2.45, 2.75) is 51.9 Å². The third kappa shape index (κ3) is 4.32. The fourth-order valence-electron chi connectivity index (χ4n) is 3.89. The largest absolute Gasteiger partial charge is 0.462 e. The first-order chi connectivity index (χ1) is 14.2. The maximum atomic E-state index is 6.06. The molecule has 0 bridgehead atoms. The lowest BCUT2D eigenvalue weighted by Crippen LogP contribution is -2.27. The first-order valence-corrected chi connectivity index (χ1v) is 10.4. The van der Waals surface area contributed by atoms with Crippen molar-refractivity contribution in [2.24, 2.45) is 0 Å². The fraction of sp³-hybridized carbons (Fsp3) is 0.524. The molecule has 0 spiro atoms. The summed E-state index contributed by atoms with van der Waals surface area (Å²) in [4.78, 5) is 13.4. The van der Waals surface area contributed by atoms with Gasteiger partial charge in [-0.15, -0.1) is 5.10 Å². The van der Waals surface area contributed by atoms with Crippen molar-refractivity contribution in [3.05, 3.63) is 41.0 Å². The Labute approximate surface area is 170 Å². The van der Waals surface area contributed by atoms with E-state index < -0.39 is 0 Å². The number of imidazole rings is 1. The first-order valence-electron chi connectivity index (χ1n) is 10.4. The molecular formula is C21H29N7O. The van der Waals surface area contributed by atoms with Crippen LogP contribution in [0.1, 0.15) is 61.0 Å². The molecule has 154 valence electrons. The van der Waals surface area contributed by atoms with Gasteiger partial charge in [0.05, 0.1) is 18.5 Å². The molecule has 29 heavy (non-hydrogen) atoms. The standard InChI is InChI=1S/C21H29N7O/c1-3-4-9-29-21-26-19(22)20-25-13-17(28(20)27-21)11-15-10-14(2)18(24-12-15)16-5-7-23-8-6-16/h10,12-13,16,23H,3-9,11H2,1-2H3,(H2,22,26,27). The lowest BCUT2D eigenvalue weighted by Gasteiger charge is -2.23. The number of rotatable bonds is 7. The number of aromatic nitrogens is 5. The van der Waals surface area contributed by atoms with Crippen molar-refractivity contribution in [1.82, 2.24) is 29.9 Å². The number of hydrogen-bond acceptors (Lipinski definition) is 7. The van der Waals surface area contributed by atoms with Gasteiger partial charge in [0.25, 0.3) is 0 Å². The predicted molar refractivity (Wildman–Crippen MR) is 112 cm³/mol. The number of pyridine rings is 1. The molecule has 0 aromatic carbocycles. The van der Waals surface area contributed by atoms with Gasteiger partial charge in [0.15, 0.2) is 11.5 Å². The highest BCUT2D eigenvalue weighted by Gasteiger charge is 2.19. The molecule has 8 nitrogen and oxygen atoms in total. The summed E-state index contributed by atoms with van der Waals surface area (Å²) in [7, 11) is 0. The van der Waals surface area contributed by atoms with Crippen molar-refractivity contribution in [1.29, 1.82) is 0 Å². The molecule has 0 unspecified atom stereocenters. The SMILES string of the molecule is CCCCOc1nc(N)c2ncc(Cc3cnc(C4CCNCC4)c(C)c3)n2n1. The number of unbranched alkanes of at least 4 members (excludes halogenated alkanes) is 1. The second-order valence-electron chi connectivity index (χ2n) is 7.71. The Kier molecular flexibility index (Phi) is 5.89. The van der Waals surface area contributed by atoms with Crippen molar-refractivity contribution in [3.63, 3.8) is 0 Å². The van der Waals surface area contributed by atoms with Crippen LogP contribution >= 0.6 is 0 Å². The number of aryl methyl sites for hydroxylation is 1. The van der Waals surface area contributed by atoms with Gasteiger partial charge in [-0.05, 0) is 50.4 Å². The van der Waals surface area contributed by atoms with E-state index in [1.807, 2.05) is 6.20 Å². The van der Waals surface area contributed by atoms with E-state index in [0.717, 1.165) is 50.0 Å². The highest BCUT2D eigenvalue weighted by atomic mass is 16.5. The van der Waals surface area contributed by atoms with E-state index in [4.69, 9.17) is 15.5 Å². The summed E-state index contributed by atoms with van der Waals surface area (Å²) >= 11 is 0. The molecule has 1 fully saturated rings. The van der Waals surface area contributed by atoms with E-state index in [1.54, 1.807) is 10.7 Å². The summed E-state index contributed by atoms with van der Waals surface area (Å²) in [5.74, 6) is 0.879. The summed E-state index contributed by atoms with van der Waals surface area (Å²) in [6, 6.07) is 2.52. The third-order valence-corrected chi connectivity index (χ3v) is 5.45. The van der Waals surface area contributed by atoms with E-state index in [2.05, 4.69) is 40.3 Å². The number of nitrogen functional groups attached to an aromatic ring is 1. The smallest absolute Gasteiger partial charge is 0.336 e. The summed E-state index contributed by atoms with van der Waals surface area (Å²) in [5.41, 5.74) is 11.2. The van der Waals surface area contributed by atoms with Crippen LogP contribution in [0.4, 0.5) is 5.82 Å². The Morgan fingerprint density at radius 3 is 2.83 bits per heavy atom. The Balaban J connectivity index is 1.56. The van der Waals surface area contributed by atoms with E-state index in [0.29, 0.717) is 36.4 Å². The van der Waals surface area contributed by atoms with E-state index in [-0.39, 0.29) is 0 Å². The van der Waals surface area contributed by atoms with Crippen LogP contribution in [0.15, 0.2) is 18.5 Å².